The molecule has 2 fully saturated rings. The number of likely N-dealkylation sites (tertiary alicyclic amines) is 1. The number of rotatable bonds is 7. The summed E-state index contributed by atoms with van der Waals surface area (Å²) in [6, 6.07) is 1.26. The van der Waals surface area contributed by atoms with Crippen LogP contribution in [0.3, 0.4) is 0 Å². The van der Waals surface area contributed by atoms with E-state index in [4.69, 9.17) is 20.2 Å². The Bertz CT molecular complexity index is 1330. The van der Waals surface area contributed by atoms with E-state index >= 15 is 4.39 Å². The van der Waals surface area contributed by atoms with Crippen molar-refractivity contribution in [1.82, 2.24) is 19.8 Å². The van der Waals surface area contributed by atoms with Gasteiger partial charge in [0.2, 0.25) is 0 Å². The van der Waals surface area contributed by atoms with E-state index in [0.717, 1.165) is 25.5 Å². The highest BCUT2D eigenvalue weighted by molar-refractivity contribution is 5.55. The van der Waals surface area contributed by atoms with Gasteiger partial charge in [0, 0.05) is 49.3 Å². The number of aliphatic hydroxyl groups is 1. The number of fused-ring (bicyclic) bond motifs is 1. The van der Waals surface area contributed by atoms with Crippen LogP contribution in [0.25, 0.3) is 0 Å². The van der Waals surface area contributed by atoms with Crippen molar-refractivity contribution < 1.29 is 32.1 Å². The van der Waals surface area contributed by atoms with E-state index < -0.39 is 35.5 Å². The van der Waals surface area contributed by atoms with Gasteiger partial charge in [-0.05, 0) is 58.0 Å². The van der Waals surface area contributed by atoms with Crippen molar-refractivity contribution in [2.45, 2.75) is 70.3 Å². The summed E-state index contributed by atoms with van der Waals surface area (Å²) < 4.78 is 69.7. The van der Waals surface area contributed by atoms with Gasteiger partial charge in [0.1, 0.15) is 18.7 Å². The predicted molar refractivity (Wildman–Crippen MR) is 150 cm³/mol. The maximum absolute atomic E-state index is 15.3. The maximum atomic E-state index is 15.3. The molecule has 1 unspecified atom stereocenters. The number of aryl methyl sites for hydroxylation is 1. The third kappa shape index (κ3) is 5.92. The molecule has 0 amide bonds. The topological polar surface area (TPSA) is 100 Å². The van der Waals surface area contributed by atoms with Crippen molar-refractivity contribution in [3.05, 3.63) is 52.5 Å². The minimum atomic E-state index is -4.80. The number of benzene rings is 1. The predicted octanol–water partition coefficient (Wildman–Crippen LogP) is 3.83. The monoisotopic (exact) mass is 594 g/mol. The number of halogens is 4. The van der Waals surface area contributed by atoms with E-state index in [2.05, 4.69) is 16.5 Å². The van der Waals surface area contributed by atoms with Gasteiger partial charge < -0.3 is 30.1 Å². The summed E-state index contributed by atoms with van der Waals surface area (Å²) >= 11 is 0. The summed E-state index contributed by atoms with van der Waals surface area (Å²) in [6.07, 6.45) is -3.45. The molecule has 0 bridgehead atoms. The molecule has 2 saturated heterocycles. The van der Waals surface area contributed by atoms with E-state index in [9.17, 15) is 18.3 Å². The van der Waals surface area contributed by atoms with Crippen molar-refractivity contribution in [1.29, 1.82) is 0 Å². The van der Waals surface area contributed by atoms with Crippen LogP contribution in [0.2, 0.25) is 0 Å². The Morgan fingerprint density at radius 1 is 1.29 bits per heavy atom. The van der Waals surface area contributed by atoms with E-state index in [1.54, 1.807) is 0 Å². The van der Waals surface area contributed by atoms with Gasteiger partial charge in [-0.3, -0.25) is 4.90 Å². The van der Waals surface area contributed by atoms with Crippen LogP contribution in [0.4, 0.5) is 29.1 Å². The van der Waals surface area contributed by atoms with Crippen molar-refractivity contribution in [2.75, 3.05) is 50.5 Å². The highest BCUT2D eigenvalue weighted by Crippen LogP contribution is 2.44. The molecule has 3 aliphatic rings. The second kappa shape index (κ2) is 11.9. The summed E-state index contributed by atoms with van der Waals surface area (Å²) in [6.45, 7) is 9.71. The Kier molecular flexibility index (Phi) is 8.66. The van der Waals surface area contributed by atoms with Crippen LogP contribution in [-0.4, -0.2) is 83.0 Å². The Morgan fingerprint density at radius 3 is 2.69 bits per heavy atom. The molecule has 9 nitrogen and oxygen atoms in total. The molecule has 4 atom stereocenters. The molecule has 0 saturated carbocycles. The summed E-state index contributed by atoms with van der Waals surface area (Å²) in [5, 5.41) is 10.3. The molecule has 230 valence electrons. The molecular weight excluding hydrogens is 556 g/mol. The van der Waals surface area contributed by atoms with Crippen LogP contribution in [-0.2, 0) is 23.9 Å². The molecule has 1 aromatic heterocycles. The minimum absolute atomic E-state index is 0.0511. The first kappa shape index (κ1) is 30.5. The lowest BCUT2D eigenvalue weighted by molar-refractivity contribution is -0.140. The normalized spacial score (nSPS) is 24.5. The van der Waals surface area contributed by atoms with Gasteiger partial charge >= 0.3 is 12.2 Å². The maximum Gasteiger partial charge on any atom is 0.417 e. The van der Waals surface area contributed by atoms with E-state index in [0.29, 0.717) is 43.3 Å². The number of nitrogens with zero attached hydrogens (tertiary/aromatic N) is 5. The second-order valence-corrected chi connectivity index (χ2v) is 11.4. The molecule has 0 aliphatic carbocycles. The molecule has 1 aromatic carbocycles. The van der Waals surface area contributed by atoms with Crippen molar-refractivity contribution in [2.24, 2.45) is 0 Å². The Hall–Kier alpha value is -3.00. The van der Waals surface area contributed by atoms with Crippen LogP contribution < -0.4 is 15.4 Å². The van der Waals surface area contributed by atoms with E-state index in [1.165, 1.54) is 13.0 Å². The molecular formula is C29H38F4N6O3. The number of alkyl halides is 3. The number of anilines is 2. The molecule has 0 radical (unpaired) electrons. The van der Waals surface area contributed by atoms with Crippen molar-refractivity contribution in [3.63, 3.8) is 0 Å². The number of aromatic nitrogens is 2. The average molecular weight is 595 g/mol. The minimum Gasteiger partial charge on any atom is -0.462 e. The zero-order chi connectivity index (χ0) is 30.3. The lowest BCUT2D eigenvalue weighted by Crippen LogP contribution is -2.55. The molecule has 5 rings (SSSR count). The fraction of sp³-hybridized carbons (Fsp3) is 0.586. The summed E-state index contributed by atoms with van der Waals surface area (Å²) in [5.74, 6) is -0.574. The second-order valence-electron chi connectivity index (χ2n) is 11.4. The Balaban J connectivity index is 1.51. The van der Waals surface area contributed by atoms with Crippen molar-refractivity contribution in [3.8, 4) is 6.01 Å². The van der Waals surface area contributed by atoms with Gasteiger partial charge in [-0.25, -0.2) is 4.39 Å². The lowest BCUT2D eigenvalue weighted by atomic mass is 9.91. The molecule has 13 heteroatoms. The SMILES string of the molecule is C=CC(O)N1CCN(c2nc(OC[C@@H]3CCCN3C)nc3c2CO[C@@H](c2c(F)c(N)cc(C)c2C(F)(F)F)C3)C[C@@H]1C. The summed E-state index contributed by atoms with van der Waals surface area (Å²) in [7, 11) is 2.03. The molecule has 3 N–H and O–H groups in total. The first-order chi connectivity index (χ1) is 19.9. The first-order valence-corrected chi connectivity index (χ1v) is 14.2. The Morgan fingerprint density at radius 2 is 2.05 bits per heavy atom. The Labute approximate surface area is 242 Å². The van der Waals surface area contributed by atoms with Crippen LogP contribution >= 0.6 is 0 Å². The standard InChI is InChI=1S/C29H38F4N6O3/c1-5-23(40)39-10-9-38(13-17(39)3)27-19-15-41-22(24-25(29(31,32)33)16(2)11-20(34)26(24)30)12-21(19)35-28(36-27)42-14-18-7-6-8-37(18)4/h5,11,17-18,22-23,40H,1,6-10,12-15,34H2,2-4H3/t17-,18-,22+,23?/m0/s1. The number of hydrogen-bond acceptors (Lipinski definition) is 9. The number of piperazine rings is 1. The number of likely N-dealkylation sites (N-methyl/N-ethyl adjacent to an activating group) is 1. The van der Waals surface area contributed by atoms with Crippen LogP contribution in [0.5, 0.6) is 6.01 Å². The fourth-order valence-corrected chi connectivity index (χ4v) is 6.32. The van der Waals surface area contributed by atoms with Gasteiger partial charge in [-0.1, -0.05) is 6.58 Å². The lowest BCUT2D eigenvalue weighted by Gasteiger charge is -2.42. The molecule has 42 heavy (non-hydrogen) atoms. The van der Waals surface area contributed by atoms with Gasteiger partial charge in [-0.15, -0.1) is 0 Å². The highest BCUT2D eigenvalue weighted by atomic mass is 19.4. The zero-order valence-corrected chi connectivity index (χ0v) is 24.1. The summed E-state index contributed by atoms with van der Waals surface area (Å²) in [5.41, 5.74) is 4.60. The van der Waals surface area contributed by atoms with E-state index in [1.807, 2.05) is 23.8 Å². The largest absolute Gasteiger partial charge is 0.462 e. The molecule has 3 aliphatic heterocycles. The van der Waals surface area contributed by atoms with Crippen LogP contribution in [0.15, 0.2) is 18.7 Å². The number of nitrogen functional groups attached to an aromatic ring is 1. The molecule has 2 aromatic rings. The number of hydrogen-bond donors (Lipinski definition) is 2. The zero-order valence-electron chi connectivity index (χ0n) is 24.1. The smallest absolute Gasteiger partial charge is 0.417 e. The van der Waals surface area contributed by atoms with Crippen molar-refractivity contribution >= 4 is 11.5 Å². The van der Waals surface area contributed by atoms with Gasteiger partial charge in [0.15, 0.2) is 5.82 Å². The van der Waals surface area contributed by atoms with E-state index in [-0.39, 0.29) is 42.4 Å². The molecule has 4 heterocycles. The highest BCUT2D eigenvalue weighted by Gasteiger charge is 2.42. The van der Waals surface area contributed by atoms with Gasteiger partial charge in [-0.2, -0.15) is 23.1 Å². The molecule has 0 spiro atoms. The third-order valence-corrected chi connectivity index (χ3v) is 8.59. The number of ether oxygens (including phenoxy) is 2. The number of aliphatic hydroxyl groups excluding tert-OH is 1. The summed E-state index contributed by atoms with van der Waals surface area (Å²) in [4.78, 5) is 15.5. The quantitative estimate of drug-likeness (QED) is 0.282. The van der Waals surface area contributed by atoms with Gasteiger partial charge in [0.05, 0.1) is 29.7 Å². The third-order valence-electron chi connectivity index (χ3n) is 8.59. The number of nitrogens with two attached hydrogens (primary N) is 1. The van der Waals surface area contributed by atoms with Crippen LogP contribution in [0.1, 0.15) is 53.8 Å². The fourth-order valence-electron chi connectivity index (χ4n) is 6.32. The van der Waals surface area contributed by atoms with Crippen LogP contribution in [0, 0.1) is 12.7 Å². The average Bonchev–Trinajstić information content (AvgIpc) is 3.36. The van der Waals surface area contributed by atoms with Gasteiger partial charge in [0.25, 0.3) is 0 Å². The first-order valence-electron chi connectivity index (χ1n) is 14.2.